The Balaban J connectivity index is -0.000000535. The van der Waals surface area contributed by atoms with Crippen molar-refractivity contribution in [3.8, 4) is 0 Å². The molecule has 22 heavy (non-hydrogen) atoms. The number of rotatable bonds is 3. The van der Waals surface area contributed by atoms with E-state index in [1.807, 2.05) is 41.5 Å². The average molecular weight is 323 g/mol. The van der Waals surface area contributed by atoms with E-state index in [1.165, 1.54) is 27.6 Å². The van der Waals surface area contributed by atoms with Crippen molar-refractivity contribution in [1.82, 2.24) is 0 Å². The largest absolute Gasteiger partial charge is 0.105 e. The number of allylic oxidation sites excluding steroid dienone is 2. The molecule has 1 aromatic rings. The van der Waals surface area contributed by atoms with E-state index >= 15 is 0 Å². The van der Waals surface area contributed by atoms with Gasteiger partial charge in [0.05, 0.1) is 0 Å². The van der Waals surface area contributed by atoms with Crippen molar-refractivity contribution in [3.05, 3.63) is 46.5 Å². The number of benzene rings is 1. The van der Waals surface area contributed by atoms with Crippen LogP contribution in [0.4, 0.5) is 0 Å². The summed E-state index contributed by atoms with van der Waals surface area (Å²) < 4.78 is 0. The SMILES string of the molecule is C=C(C)/C(=C\c1cc(C)cc(C)c1P)CC.CC.CC.CC. The molecule has 0 saturated carbocycles. The molecule has 1 aromatic carbocycles. The second-order valence-corrected chi connectivity index (χ2v) is 4.97. The number of hydrogen-bond donors (Lipinski definition) is 0. The fraction of sp³-hybridized carbons (Fsp3) is 0.524. The molecule has 0 heterocycles. The zero-order valence-electron chi connectivity index (χ0n) is 16.7. The molecule has 0 nitrogen and oxygen atoms in total. The third kappa shape index (κ3) is 9.96. The van der Waals surface area contributed by atoms with Crippen molar-refractivity contribution < 1.29 is 0 Å². The summed E-state index contributed by atoms with van der Waals surface area (Å²) in [5.74, 6) is 0. The Labute approximate surface area is 143 Å². The van der Waals surface area contributed by atoms with E-state index in [4.69, 9.17) is 0 Å². The van der Waals surface area contributed by atoms with Crippen molar-refractivity contribution >= 4 is 20.6 Å². The summed E-state index contributed by atoms with van der Waals surface area (Å²) in [5.41, 5.74) is 6.42. The van der Waals surface area contributed by atoms with Gasteiger partial charge in [-0.1, -0.05) is 84.4 Å². The van der Waals surface area contributed by atoms with Crippen LogP contribution in [-0.4, -0.2) is 0 Å². The van der Waals surface area contributed by atoms with E-state index in [1.54, 1.807) is 0 Å². The Kier molecular flexibility index (Phi) is 19.5. The molecule has 1 heteroatoms. The lowest BCUT2D eigenvalue weighted by atomic mass is 10.0. The molecule has 128 valence electrons. The predicted molar refractivity (Wildman–Crippen MR) is 112 cm³/mol. The topological polar surface area (TPSA) is 0 Å². The van der Waals surface area contributed by atoms with Crippen LogP contribution >= 0.6 is 9.24 Å². The molecule has 1 atom stereocenters. The van der Waals surface area contributed by atoms with E-state index in [-0.39, 0.29) is 0 Å². The first-order valence-electron chi connectivity index (χ1n) is 8.68. The average Bonchev–Trinajstić information content (AvgIpc) is 2.54. The first-order valence-corrected chi connectivity index (χ1v) is 9.26. The highest BCUT2D eigenvalue weighted by molar-refractivity contribution is 7.27. The minimum atomic E-state index is 1.03. The molecule has 0 fully saturated rings. The van der Waals surface area contributed by atoms with Gasteiger partial charge in [-0.2, -0.15) is 0 Å². The zero-order chi connectivity index (χ0) is 18.3. The standard InChI is InChI=1S/C15H21P.3C2H6/c1-6-13(10(2)3)9-14-8-11(4)7-12(5)15(14)16;3*1-2/h7-9H,2,6,16H2,1,3-5H3;3*1-2H3/b13-9-;;;. The van der Waals surface area contributed by atoms with Gasteiger partial charge in [-0.15, -0.1) is 9.24 Å². The lowest BCUT2D eigenvalue weighted by Crippen LogP contribution is -2.03. The third-order valence-electron chi connectivity index (χ3n) is 2.82. The highest BCUT2D eigenvalue weighted by Crippen LogP contribution is 2.18. The van der Waals surface area contributed by atoms with Crippen LogP contribution in [0.15, 0.2) is 29.9 Å². The second-order valence-electron chi connectivity index (χ2n) is 4.39. The van der Waals surface area contributed by atoms with Crippen LogP contribution in [0.2, 0.25) is 0 Å². The summed E-state index contributed by atoms with van der Waals surface area (Å²) in [4.78, 5) is 0. The molecule has 0 aromatic heterocycles. The Bertz CT molecular complexity index is 439. The van der Waals surface area contributed by atoms with Crippen molar-refractivity contribution in [3.63, 3.8) is 0 Å². The zero-order valence-corrected chi connectivity index (χ0v) is 17.9. The smallest absolute Gasteiger partial charge is 0.0177 e. The molecule has 0 aliphatic heterocycles. The van der Waals surface area contributed by atoms with E-state index in [9.17, 15) is 0 Å². The second kappa shape index (κ2) is 16.5. The Morgan fingerprint density at radius 1 is 1.05 bits per heavy atom. The van der Waals surface area contributed by atoms with Crippen LogP contribution in [0.25, 0.3) is 6.08 Å². The highest BCUT2D eigenvalue weighted by Gasteiger charge is 2.02. The maximum absolute atomic E-state index is 4.02. The van der Waals surface area contributed by atoms with Gasteiger partial charge < -0.3 is 0 Å². The lowest BCUT2D eigenvalue weighted by molar-refractivity contribution is 1.12. The highest BCUT2D eigenvalue weighted by atomic mass is 31.0. The summed E-state index contributed by atoms with van der Waals surface area (Å²) in [6.07, 6.45) is 3.29. The van der Waals surface area contributed by atoms with Crippen molar-refractivity contribution in [2.24, 2.45) is 0 Å². The quantitative estimate of drug-likeness (QED) is 0.406. The summed E-state index contributed by atoms with van der Waals surface area (Å²) in [6.45, 7) is 24.6. The summed E-state index contributed by atoms with van der Waals surface area (Å²) >= 11 is 0. The van der Waals surface area contributed by atoms with Gasteiger partial charge >= 0.3 is 0 Å². The molecule has 0 amide bonds. The minimum Gasteiger partial charge on any atom is -0.105 e. The first kappa shape index (κ1) is 26.0. The fourth-order valence-corrected chi connectivity index (χ4v) is 2.10. The van der Waals surface area contributed by atoms with E-state index in [0.29, 0.717) is 0 Å². The van der Waals surface area contributed by atoms with Crippen molar-refractivity contribution in [2.45, 2.75) is 75.7 Å². The molecule has 1 unspecified atom stereocenters. The monoisotopic (exact) mass is 322 g/mol. The molecule has 0 spiro atoms. The number of aryl methyl sites for hydroxylation is 2. The Morgan fingerprint density at radius 2 is 1.50 bits per heavy atom. The van der Waals surface area contributed by atoms with Crippen LogP contribution in [0, 0.1) is 13.8 Å². The van der Waals surface area contributed by atoms with E-state index in [0.717, 1.165) is 12.0 Å². The molecule has 0 aliphatic rings. The van der Waals surface area contributed by atoms with Crippen LogP contribution in [0.5, 0.6) is 0 Å². The maximum Gasteiger partial charge on any atom is -0.0177 e. The predicted octanol–water partition coefficient (Wildman–Crippen LogP) is 7.25. The molecule has 0 N–H and O–H groups in total. The fourth-order valence-electron chi connectivity index (χ4n) is 1.85. The molecule has 0 aliphatic carbocycles. The van der Waals surface area contributed by atoms with Crippen molar-refractivity contribution in [1.29, 1.82) is 0 Å². The van der Waals surface area contributed by atoms with Gasteiger partial charge in [0.2, 0.25) is 0 Å². The third-order valence-corrected chi connectivity index (χ3v) is 3.61. The van der Waals surface area contributed by atoms with Gasteiger partial charge in [0.1, 0.15) is 0 Å². The minimum absolute atomic E-state index is 1.03. The van der Waals surface area contributed by atoms with E-state index < -0.39 is 0 Å². The Morgan fingerprint density at radius 3 is 1.86 bits per heavy atom. The normalized spacial score (nSPS) is 9.32. The van der Waals surface area contributed by atoms with Gasteiger partial charge in [0, 0.05) is 0 Å². The summed E-state index contributed by atoms with van der Waals surface area (Å²) in [5, 5.41) is 1.29. The van der Waals surface area contributed by atoms with Gasteiger partial charge in [0.15, 0.2) is 0 Å². The molecular formula is C21H39P. The van der Waals surface area contributed by atoms with Crippen LogP contribution in [0.1, 0.15) is 78.5 Å². The number of hydrogen-bond acceptors (Lipinski definition) is 0. The molecule has 1 rings (SSSR count). The van der Waals surface area contributed by atoms with Crippen molar-refractivity contribution in [2.75, 3.05) is 0 Å². The maximum atomic E-state index is 4.02. The van der Waals surface area contributed by atoms with Gasteiger partial charge in [-0.25, -0.2) is 0 Å². The summed E-state index contributed by atoms with van der Waals surface area (Å²) in [7, 11) is 2.84. The van der Waals surface area contributed by atoms with Gasteiger partial charge in [-0.3, -0.25) is 0 Å². The van der Waals surface area contributed by atoms with Crippen LogP contribution < -0.4 is 5.30 Å². The van der Waals surface area contributed by atoms with Crippen LogP contribution in [-0.2, 0) is 0 Å². The molecule has 0 radical (unpaired) electrons. The lowest BCUT2D eigenvalue weighted by Gasteiger charge is -2.09. The molecular weight excluding hydrogens is 283 g/mol. The van der Waals surface area contributed by atoms with Gasteiger partial charge in [-0.05, 0) is 49.2 Å². The van der Waals surface area contributed by atoms with E-state index in [2.05, 4.69) is 61.7 Å². The Hall–Kier alpha value is -0.870. The van der Waals surface area contributed by atoms with Crippen LogP contribution in [0.3, 0.4) is 0 Å². The van der Waals surface area contributed by atoms with Gasteiger partial charge in [0.25, 0.3) is 0 Å². The molecule has 0 bridgehead atoms. The summed E-state index contributed by atoms with van der Waals surface area (Å²) in [6, 6.07) is 4.44. The molecule has 0 saturated heterocycles. The first-order chi connectivity index (χ1) is 10.5.